The maximum Gasteiger partial charge on any atom is 0.461 e. The van der Waals surface area contributed by atoms with E-state index in [2.05, 4.69) is 15.0 Å². The van der Waals surface area contributed by atoms with E-state index in [9.17, 15) is 22.4 Å². The molecule has 0 radical (unpaired) electrons. The Kier molecular flexibility index (Phi) is 7.44. The molecule has 0 aliphatic heterocycles. The maximum absolute atomic E-state index is 12.9. The van der Waals surface area contributed by atoms with E-state index in [-0.39, 0.29) is 17.7 Å². The molecule has 1 N–H and O–H groups in total. The van der Waals surface area contributed by atoms with Gasteiger partial charge in [0.2, 0.25) is 5.90 Å². The quantitative estimate of drug-likeness (QED) is 0.347. The molecule has 0 saturated heterocycles. The lowest BCUT2D eigenvalue weighted by atomic mass is 10.2. The van der Waals surface area contributed by atoms with Gasteiger partial charge in [0.1, 0.15) is 5.75 Å². The van der Waals surface area contributed by atoms with Crippen LogP contribution < -0.4 is 10.1 Å². The number of halogens is 5. The molecule has 2 rings (SSSR count). The molecule has 0 unspecified atom stereocenters. The number of benzene rings is 2. The van der Waals surface area contributed by atoms with E-state index in [1.165, 1.54) is 12.1 Å². The summed E-state index contributed by atoms with van der Waals surface area (Å²) in [5, 5.41) is 2.74. The molecule has 2 amide bonds. The topological polar surface area (TPSA) is 59.9 Å². The van der Waals surface area contributed by atoms with Gasteiger partial charge < -0.3 is 14.8 Å². The van der Waals surface area contributed by atoms with Gasteiger partial charge in [-0.15, -0.1) is 0 Å². The molecule has 0 heterocycles. The number of carbonyl (C=O) groups is 1. The molecule has 2 aromatic carbocycles. The van der Waals surface area contributed by atoms with Crippen LogP contribution in [0.25, 0.3) is 0 Å². The minimum atomic E-state index is -4.62. The summed E-state index contributed by atoms with van der Waals surface area (Å²) in [4.78, 5) is 16.1. The second kappa shape index (κ2) is 9.60. The summed E-state index contributed by atoms with van der Waals surface area (Å²) < 4.78 is 59.6. The minimum Gasteiger partial charge on any atom is -0.474 e. The average molecular weight is 433 g/mol. The van der Waals surface area contributed by atoms with Gasteiger partial charge in [-0.05, 0) is 50.2 Å². The number of carbonyl (C=O) groups excluding carboxylic acids is 1. The van der Waals surface area contributed by atoms with Crippen molar-refractivity contribution in [3.8, 4) is 5.75 Å². The highest BCUT2D eigenvalue weighted by molar-refractivity contribution is 6.34. The summed E-state index contributed by atoms with van der Waals surface area (Å²) in [7, 11) is 0. The van der Waals surface area contributed by atoms with E-state index in [0.29, 0.717) is 10.6 Å². The van der Waals surface area contributed by atoms with Gasteiger partial charge in [0.25, 0.3) is 0 Å². The van der Waals surface area contributed by atoms with Crippen LogP contribution in [-0.2, 0) is 4.74 Å². The summed E-state index contributed by atoms with van der Waals surface area (Å²) >= 11 is 6.12. The Morgan fingerprint density at radius 1 is 1.10 bits per heavy atom. The number of nitrogens with one attached hydrogen (secondary N) is 1. The highest BCUT2D eigenvalue weighted by Gasteiger charge is 2.43. The van der Waals surface area contributed by atoms with Gasteiger partial charge in [-0.25, -0.2) is 4.79 Å². The van der Waals surface area contributed by atoms with E-state index >= 15 is 0 Å². The molecule has 0 saturated carbocycles. The number of anilines is 1. The smallest absolute Gasteiger partial charge is 0.461 e. The molecule has 0 aromatic heterocycles. The number of aliphatic imine (C=N–C) groups is 1. The largest absolute Gasteiger partial charge is 0.474 e. The van der Waals surface area contributed by atoms with Crippen molar-refractivity contribution in [3.05, 3.63) is 59.1 Å². The predicted molar refractivity (Wildman–Crippen MR) is 101 cm³/mol. The Balaban J connectivity index is 2.14. The summed E-state index contributed by atoms with van der Waals surface area (Å²) in [6.07, 6.45) is -8.88. The Hall–Kier alpha value is -2.81. The molecule has 2 aromatic rings. The molecular formula is C19H17ClF4N2O3. The lowest BCUT2D eigenvalue weighted by Gasteiger charge is -2.17. The summed E-state index contributed by atoms with van der Waals surface area (Å²) in [6.45, 7) is 3.50. The molecule has 0 atom stereocenters. The van der Waals surface area contributed by atoms with Crippen LogP contribution in [0, 0.1) is 0 Å². The van der Waals surface area contributed by atoms with Crippen molar-refractivity contribution in [1.29, 1.82) is 0 Å². The lowest BCUT2D eigenvalue weighted by Crippen LogP contribution is -2.33. The molecule has 5 nitrogen and oxygen atoms in total. The van der Waals surface area contributed by atoms with E-state index in [1.54, 1.807) is 38.1 Å². The molecule has 0 spiro atoms. The predicted octanol–water partition coefficient (Wildman–Crippen LogP) is 5.98. The third-order valence-corrected chi connectivity index (χ3v) is 3.60. The van der Waals surface area contributed by atoms with Gasteiger partial charge >= 0.3 is 18.6 Å². The summed E-state index contributed by atoms with van der Waals surface area (Å²) in [6, 6.07) is 10.3. The van der Waals surface area contributed by atoms with Crippen molar-refractivity contribution in [1.82, 2.24) is 0 Å². The fourth-order valence-corrected chi connectivity index (χ4v) is 2.28. The number of alkyl halides is 4. The number of urea groups is 1. The number of ether oxygens (including phenoxy) is 2. The van der Waals surface area contributed by atoms with Crippen molar-refractivity contribution < 1.29 is 31.8 Å². The number of nitrogens with zero attached hydrogens (tertiary/aromatic N) is 1. The van der Waals surface area contributed by atoms with Crippen molar-refractivity contribution in [2.24, 2.45) is 4.99 Å². The first-order chi connectivity index (χ1) is 13.6. The normalized spacial score (nSPS) is 12.2. The molecule has 10 heteroatoms. The highest BCUT2D eigenvalue weighted by atomic mass is 35.5. The molecular weight excluding hydrogens is 416 g/mol. The van der Waals surface area contributed by atoms with Crippen molar-refractivity contribution in [2.75, 3.05) is 5.32 Å². The second-order valence-corrected chi connectivity index (χ2v) is 6.39. The first-order valence-corrected chi connectivity index (χ1v) is 8.72. The standard InChI is InChI=1S/C19H17ClF4N2O3/c1-11(2)28-16(14-5-3-4-6-15(14)20)26-18(27)25-12-7-9-13(10-8-12)29-19(23,24)17(21)22/h3-11,17H,1-2H3,(H,25,27). The molecule has 156 valence electrons. The van der Waals surface area contributed by atoms with Gasteiger partial charge in [-0.1, -0.05) is 23.7 Å². The zero-order valence-corrected chi connectivity index (χ0v) is 16.1. The van der Waals surface area contributed by atoms with Crippen LogP contribution in [0.15, 0.2) is 53.5 Å². The van der Waals surface area contributed by atoms with Gasteiger partial charge in [-0.2, -0.15) is 22.6 Å². The van der Waals surface area contributed by atoms with Gasteiger partial charge in [0.15, 0.2) is 0 Å². The number of rotatable bonds is 6. The average Bonchev–Trinajstić information content (AvgIpc) is 2.62. The van der Waals surface area contributed by atoms with Gasteiger partial charge in [0.05, 0.1) is 16.7 Å². The third-order valence-electron chi connectivity index (χ3n) is 3.27. The lowest BCUT2D eigenvalue weighted by molar-refractivity contribution is -0.253. The zero-order chi connectivity index (χ0) is 21.6. The van der Waals surface area contributed by atoms with Crippen LogP contribution in [-0.4, -0.2) is 30.6 Å². The molecule has 0 aliphatic rings. The molecule has 0 aliphatic carbocycles. The zero-order valence-electron chi connectivity index (χ0n) is 15.3. The van der Waals surface area contributed by atoms with Gasteiger partial charge in [0, 0.05) is 5.69 Å². The monoisotopic (exact) mass is 432 g/mol. The van der Waals surface area contributed by atoms with Crippen LogP contribution in [0.2, 0.25) is 5.02 Å². The maximum atomic E-state index is 12.9. The highest BCUT2D eigenvalue weighted by Crippen LogP contribution is 2.28. The summed E-state index contributed by atoms with van der Waals surface area (Å²) in [5.41, 5.74) is 0.588. The Morgan fingerprint density at radius 2 is 1.72 bits per heavy atom. The Morgan fingerprint density at radius 3 is 2.28 bits per heavy atom. The van der Waals surface area contributed by atoms with Crippen LogP contribution in [0.5, 0.6) is 5.75 Å². The molecule has 0 fully saturated rings. The van der Waals surface area contributed by atoms with Crippen LogP contribution >= 0.6 is 11.6 Å². The number of amides is 2. The van der Waals surface area contributed by atoms with E-state index in [4.69, 9.17) is 16.3 Å². The van der Waals surface area contributed by atoms with Crippen molar-refractivity contribution >= 4 is 29.2 Å². The first kappa shape index (κ1) is 22.5. The second-order valence-electron chi connectivity index (χ2n) is 5.98. The van der Waals surface area contributed by atoms with Crippen LogP contribution in [0.1, 0.15) is 19.4 Å². The molecule has 0 bridgehead atoms. The minimum absolute atomic E-state index is 0.000343. The van der Waals surface area contributed by atoms with Crippen molar-refractivity contribution in [3.63, 3.8) is 0 Å². The SMILES string of the molecule is CC(C)OC(=NC(=O)Nc1ccc(OC(F)(F)C(F)F)cc1)c1ccccc1Cl. The molecule has 29 heavy (non-hydrogen) atoms. The first-order valence-electron chi connectivity index (χ1n) is 8.34. The fourth-order valence-electron chi connectivity index (χ4n) is 2.06. The van der Waals surface area contributed by atoms with Crippen LogP contribution in [0.4, 0.5) is 28.0 Å². The number of hydrogen-bond acceptors (Lipinski definition) is 3. The number of hydrogen-bond donors (Lipinski definition) is 1. The Labute approximate surface area is 169 Å². The third kappa shape index (κ3) is 6.63. The van der Waals surface area contributed by atoms with E-state index in [1.807, 2.05) is 0 Å². The fraction of sp³-hybridized carbons (Fsp3) is 0.263. The van der Waals surface area contributed by atoms with Gasteiger partial charge in [-0.3, -0.25) is 0 Å². The Bertz CT molecular complexity index is 874. The van der Waals surface area contributed by atoms with E-state index in [0.717, 1.165) is 12.1 Å². The van der Waals surface area contributed by atoms with E-state index < -0.39 is 24.3 Å². The summed E-state index contributed by atoms with van der Waals surface area (Å²) in [5.74, 6) is -0.490. The van der Waals surface area contributed by atoms with Crippen LogP contribution in [0.3, 0.4) is 0 Å². The van der Waals surface area contributed by atoms with Crippen molar-refractivity contribution in [2.45, 2.75) is 32.5 Å².